The minimum atomic E-state index is -0.0652. The van der Waals surface area contributed by atoms with Crippen LogP contribution >= 0.6 is 11.3 Å². The molecule has 1 aromatic carbocycles. The van der Waals surface area contributed by atoms with Gasteiger partial charge in [-0.15, -0.1) is 11.3 Å². The summed E-state index contributed by atoms with van der Waals surface area (Å²) in [6.07, 6.45) is 1.80. The van der Waals surface area contributed by atoms with Gasteiger partial charge in [0.2, 0.25) is 0 Å². The SMILES string of the molecule is CNC(=O)c1ccc(-c2cc3ncccc3s2)cc1. The Balaban J connectivity index is 1.99. The highest BCUT2D eigenvalue weighted by Gasteiger charge is 2.06. The van der Waals surface area contributed by atoms with E-state index in [0.29, 0.717) is 5.56 Å². The second-order valence-electron chi connectivity index (χ2n) is 4.15. The lowest BCUT2D eigenvalue weighted by Gasteiger charge is -2.01. The van der Waals surface area contributed by atoms with Crippen LogP contribution in [0.5, 0.6) is 0 Å². The standard InChI is InChI=1S/C15H12N2OS/c1-16-15(18)11-6-4-10(5-7-11)14-9-12-13(19-14)3-2-8-17-12/h2-9H,1H3,(H,16,18). The molecule has 3 rings (SSSR count). The van der Waals surface area contributed by atoms with E-state index in [4.69, 9.17) is 0 Å². The molecule has 3 aromatic rings. The molecule has 0 spiro atoms. The van der Waals surface area contributed by atoms with Gasteiger partial charge in [0.25, 0.3) is 5.91 Å². The normalized spacial score (nSPS) is 10.6. The molecule has 0 unspecified atom stereocenters. The van der Waals surface area contributed by atoms with Gasteiger partial charge < -0.3 is 5.32 Å². The Kier molecular flexibility index (Phi) is 3.01. The Morgan fingerprint density at radius 2 is 2.00 bits per heavy atom. The van der Waals surface area contributed by atoms with Crippen molar-refractivity contribution < 1.29 is 4.79 Å². The fourth-order valence-corrected chi connectivity index (χ4v) is 2.97. The second-order valence-corrected chi connectivity index (χ2v) is 5.24. The van der Waals surface area contributed by atoms with E-state index in [1.54, 1.807) is 24.6 Å². The van der Waals surface area contributed by atoms with Crippen LogP contribution in [0, 0.1) is 0 Å². The van der Waals surface area contributed by atoms with Gasteiger partial charge in [-0.05, 0) is 35.9 Å². The fourth-order valence-electron chi connectivity index (χ4n) is 1.94. The van der Waals surface area contributed by atoms with Crippen molar-refractivity contribution in [1.29, 1.82) is 0 Å². The van der Waals surface area contributed by atoms with Gasteiger partial charge in [-0.25, -0.2) is 0 Å². The van der Waals surface area contributed by atoms with Crippen molar-refractivity contribution in [2.24, 2.45) is 0 Å². The maximum atomic E-state index is 11.5. The third kappa shape index (κ3) is 2.22. The molecule has 4 heteroatoms. The molecular weight excluding hydrogens is 256 g/mol. The molecule has 3 nitrogen and oxygen atoms in total. The minimum Gasteiger partial charge on any atom is -0.355 e. The molecule has 2 aromatic heterocycles. The van der Waals surface area contributed by atoms with Crippen molar-refractivity contribution in [1.82, 2.24) is 10.3 Å². The molecule has 19 heavy (non-hydrogen) atoms. The first-order chi connectivity index (χ1) is 9.28. The molecular formula is C15H12N2OS. The zero-order valence-corrected chi connectivity index (χ0v) is 11.2. The van der Waals surface area contributed by atoms with Crippen LogP contribution in [0.15, 0.2) is 48.7 Å². The number of nitrogens with one attached hydrogen (secondary N) is 1. The summed E-state index contributed by atoms with van der Waals surface area (Å²) < 4.78 is 1.17. The highest BCUT2D eigenvalue weighted by Crippen LogP contribution is 2.32. The molecule has 0 atom stereocenters. The summed E-state index contributed by atoms with van der Waals surface area (Å²) in [4.78, 5) is 17.0. The van der Waals surface area contributed by atoms with Crippen molar-refractivity contribution in [3.05, 3.63) is 54.2 Å². The van der Waals surface area contributed by atoms with E-state index in [9.17, 15) is 4.79 Å². The first-order valence-corrected chi connectivity index (χ1v) is 6.76. The maximum Gasteiger partial charge on any atom is 0.251 e. The number of carbonyl (C=O) groups is 1. The van der Waals surface area contributed by atoms with Crippen LogP contribution in [-0.2, 0) is 0 Å². The van der Waals surface area contributed by atoms with E-state index < -0.39 is 0 Å². The molecule has 0 bridgehead atoms. The van der Waals surface area contributed by atoms with E-state index in [1.807, 2.05) is 30.3 Å². The van der Waals surface area contributed by atoms with Crippen LogP contribution in [0.4, 0.5) is 0 Å². The van der Waals surface area contributed by atoms with Gasteiger partial charge in [-0.2, -0.15) is 0 Å². The van der Waals surface area contributed by atoms with Crippen molar-refractivity contribution in [2.45, 2.75) is 0 Å². The van der Waals surface area contributed by atoms with Crippen LogP contribution in [-0.4, -0.2) is 17.9 Å². The Hall–Kier alpha value is -2.20. The summed E-state index contributed by atoms with van der Waals surface area (Å²) in [5.74, 6) is -0.0652. The molecule has 0 aliphatic carbocycles. The van der Waals surface area contributed by atoms with Gasteiger partial charge in [-0.1, -0.05) is 12.1 Å². The number of amides is 1. The summed E-state index contributed by atoms with van der Waals surface area (Å²) in [5, 5.41) is 2.62. The number of fused-ring (bicyclic) bond motifs is 1. The van der Waals surface area contributed by atoms with Crippen molar-refractivity contribution in [3.8, 4) is 10.4 Å². The number of hydrogen-bond acceptors (Lipinski definition) is 3. The van der Waals surface area contributed by atoms with Gasteiger partial charge in [0.05, 0.1) is 10.2 Å². The van der Waals surface area contributed by atoms with E-state index in [0.717, 1.165) is 16.0 Å². The van der Waals surface area contributed by atoms with Gasteiger partial charge in [0, 0.05) is 23.7 Å². The lowest BCUT2D eigenvalue weighted by molar-refractivity contribution is 0.0963. The average molecular weight is 268 g/mol. The molecule has 1 N–H and O–H groups in total. The highest BCUT2D eigenvalue weighted by atomic mass is 32.1. The van der Waals surface area contributed by atoms with Crippen molar-refractivity contribution in [3.63, 3.8) is 0 Å². The first-order valence-electron chi connectivity index (χ1n) is 5.95. The lowest BCUT2D eigenvalue weighted by Crippen LogP contribution is -2.17. The van der Waals surface area contributed by atoms with Gasteiger partial charge in [0.15, 0.2) is 0 Å². The summed E-state index contributed by atoms with van der Waals surface area (Å²) in [6.45, 7) is 0. The van der Waals surface area contributed by atoms with E-state index >= 15 is 0 Å². The monoisotopic (exact) mass is 268 g/mol. The van der Waals surface area contributed by atoms with Crippen LogP contribution in [0.1, 0.15) is 10.4 Å². The van der Waals surface area contributed by atoms with Gasteiger partial charge in [0.1, 0.15) is 0 Å². The van der Waals surface area contributed by atoms with Crippen LogP contribution < -0.4 is 5.32 Å². The van der Waals surface area contributed by atoms with Crippen LogP contribution in [0.25, 0.3) is 20.7 Å². The quantitative estimate of drug-likeness (QED) is 0.774. The third-order valence-corrected chi connectivity index (χ3v) is 4.08. The largest absolute Gasteiger partial charge is 0.355 e. The van der Waals surface area contributed by atoms with Gasteiger partial charge >= 0.3 is 0 Å². The Morgan fingerprint density at radius 1 is 1.21 bits per heavy atom. The number of thiophene rings is 1. The molecule has 0 fully saturated rings. The number of benzene rings is 1. The molecule has 0 saturated carbocycles. The summed E-state index contributed by atoms with van der Waals surface area (Å²) >= 11 is 1.71. The van der Waals surface area contributed by atoms with Crippen LogP contribution in [0.2, 0.25) is 0 Å². The van der Waals surface area contributed by atoms with E-state index in [2.05, 4.69) is 22.4 Å². The number of pyridine rings is 1. The van der Waals surface area contributed by atoms with Crippen molar-refractivity contribution in [2.75, 3.05) is 7.05 Å². The topological polar surface area (TPSA) is 42.0 Å². The predicted octanol–water partition coefficient (Wildman–Crippen LogP) is 3.32. The van der Waals surface area contributed by atoms with Crippen LogP contribution in [0.3, 0.4) is 0 Å². The van der Waals surface area contributed by atoms with E-state index in [-0.39, 0.29) is 5.91 Å². The number of carbonyl (C=O) groups excluding carboxylic acids is 1. The predicted molar refractivity (Wildman–Crippen MR) is 78.4 cm³/mol. The second kappa shape index (κ2) is 4.82. The number of aromatic nitrogens is 1. The van der Waals surface area contributed by atoms with E-state index in [1.165, 1.54) is 4.70 Å². The molecule has 94 valence electrons. The highest BCUT2D eigenvalue weighted by molar-refractivity contribution is 7.22. The Bertz CT molecular complexity index is 698. The first kappa shape index (κ1) is 11.9. The van der Waals surface area contributed by atoms with Crippen molar-refractivity contribution >= 4 is 27.5 Å². The molecule has 0 radical (unpaired) electrons. The average Bonchev–Trinajstić information content (AvgIpc) is 2.90. The smallest absolute Gasteiger partial charge is 0.251 e. The minimum absolute atomic E-state index is 0.0652. The lowest BCUT2D eigenvalue weighted by atomic mass is 10.1. The molecule has 0 saturated heterocycles. The Labute approximate surface area is 114 Å². The maximum absolute atomic E-state index is 11.5. The zero-order valence-electron chi connectivity index (χ0n) is 10.4. The Morgan fingerprint density at radius 3 is 2.68 bits per heavy atom. The zero-order chi connectivity index (χ0) is 13.2. The van der Waals surface area contributed by atoms with Gasteiger partial charge in [-0.3, -0.25) is 9.78 Å². The number of nitrogens with zero attached hydrogens (tertiary/aromatic N) is 1. The molecule has 0 aliphatic rings. The fraction of sp³-hybridized carbons (Fsp3) is 0.0667. The third-order valence-electron chi connectivity index (χ3n) is 2.95. The summed E-state index contributed by atoms with van der Waals surface area (Å²) in [6, 6.07) is 13.7. The molecule has 0 aliphatic heterocycles. The molecule has 2 heterocycles. The number of hydrogen-bond donors (Lipinski definition) is 1. The summed E-state index contributed by atoms with van der Waals surface area (Å²) in [5.41, 5.74) is 2.79. The number of rotatable bonds is 2. The molecule has 1 amide bonds. The summed E-state index contributed by atoms with van der Waals surface area (Å²) in [7, 11) is 1.63.